The summed E-state index contributed by atoms with van der Waals surface area (Å²) in [6.45, 7) is 9.64. The topological polar surface area (TPSA) is 57.4 Å². The number of hydrogen-bond acceptors (Lipinski definition) is 6. The molecule has 1 aromatic heterocycles. The van der Waals surface area contributed by atoms with Gasteiger partial charge in [0.2, 0.25) is 11.8 Å². The summed E-state index contributed by atoms with van der Waals surface area (Å²) in [6.07, 6.45) is 0.815. The maximum absolute atomic E-state index is 5.55. The number of aryl methyl sites for hydroxylation is 1. The highest BCUT2D eigenvalue weighted by atomic mass is 16.4. The van der Waals surface area contributed by atoms with Crippen LogP contribution in [0, 0.1) is 0 Å². The Hall–Kier alpha value is -0.980. The first-order valence-corrected chi connectivity index (χ1v) is 6.83. The molecule has 2 aliphatic rings. The minimum absolute atomic E-state index is 0.740. The Morgan fingerprint density at radius 3 is 2.44 bits per heavy atom. The largest absolute Gasteiger partial charge is 0.424 e. The van der Waals surface area contributed by atoms with Gasteiger partial charge in [-0.3, -0.25) is 9.80 Å². The molecule has 0 amide bonds. The standard InChI is InChI=1S/C12H21N5O/c1-2-11-14-15-12(18-11)9-16-3-5-17(6-4-16)10-7-13-8-10/h10,13H,2-9H2,1H3. The Kier molecular flexibility index (Phi) is 3.58. The van der Waals surface area contributed by atoms with E-state index in [0.29, 0.717) is 0 Å². The van der Waals surface area contributed by atoms with Crippen molar-refractivity contribution in [1.29, 1.82) is 0 Å². The lowest BCUT2D eigenvalue weighted by Crippen LogP contribution is -2.61. The molecule has 0 spiro atoms. The van der Waals surface area contributed by atoms with E-state index in [0.717, 1.165) is 70.1 Å². The summed E-state index contributed by atoms with van der Waals surface area (Å²) < 4.78 is 5.55. The molecule has 100 valence electrons. The Labute approximate surface area is 107 Å². The van der Waals surface area contributed by atoms with Crippen LogP contribution >= 0.6 is 0 Å². The van der Waals surface area contributed by atoms with E-state index in [1.54, 1.807) is 0 Å². The molecule has 1 aromatic rings. The van der Waals surface area contributed by atoms with E-state index >= 15 is 0 Å². The lowest BCUT2D eigenvalue weighted by Gasteiger charge is -2.43. The van der Waals surface area contributed by atoms with Gasteiger partial charge in [-0.05, 0) is 0 Å². The second-order valence-corrected chi connectivity index (χ2v) is 5.07. The van der Waals surface area contributed by atoms with Crippen molar-refractivity contribution in [3.63, 3.8) is 0 Å². The summed E-state index contributed by atoms with van der Waals surface area (Å²) in [4.78, 5) is 4.98. The second-order valence-electron chi connectivity index (χ2n) is 5.07. The number of nitrogens with zero attached hydrogens (tertiary/aromatic N) is 4. The molecule has 0 aliphatic carbocycles. The highest BCUT2D eigenvalue weighted by Crippen LogP contribution is 2.12. The Morgan fingerprint density at radius 2 is 1.89 bits per heavy atom. The first-order chi connectivity index (χ1) is 8.85. The third-order valence-corrected chi connectivity index (χ3v) is 3.85. The Balaban J connectivity index is 1.47. The maximum atomic E-state index is 5.55. The molecule has 2 fully saturated rings. The summed E-state index contributed by atoms with van der Waals surface area (Å²) in [5.41, 5.74) is 0. The van der Waals surface area contributed by atoms with Crippen molar-refractivity contribution in [3.8, 4) is 0 Å². The molecule has 0 aromatic carbocycles. The van der Waals surface area contributed by atoms with Crippen molar-refractivity contribution >= 4 is 0 Å². The SMILES string of the molecule is CCc1nnc(CN2CCN(C3CNC3)CC2)o1. The molecule has 1 N–H and O–H groups in total. The predicted octanol–water partition coefficient (Wildman–Crippen LogP) is -0.279. The van der Waals surface area contributed by atoms with Crippen molar-refractivity contribution in [1.82, 2.24) is 25.3 Å². The lowest BCUT2D eigenvalue weighted by atomic mass is 10.1. The van der Waals surface area contributed by atoms with E-state index in [9.17, 15) is 0 Å². The van der Waals surface area contributed by atoms with Crippen LogP contribution in [0.2, 0.25) is 0 Å². The van der Waals surface area contributed by atoms with Gasteiger partial charge in [0.1, 0.15) is 0 Å². The summed E-state index contributed by atoms with van der Waals surface area (Å²) in [5, 5.41) is 11.4. The normalized spacial score (nSPS) is 23.2. The molecule has 2 aliphatic heterocycles. The van der Waals surface area contributed by atoms with Crippen molar-refractivity contribution in [2.75, 3.05) is 39.3 Å². The van der Waals surface area contributed by atoms with Crippen LogP contribution in [0.1, 0.15) is 18.7 Å². The highest BCUT2D eigenvalue weighted by Gasteiger charge is 2.28. The average Bonchev–Trinajstić information content (AvgIpc) is 2.77. The van der Waals surface area contributed by atoms with Crippen LogP contribution in [0.5, 0.6) is 0 Å². The smallest absolute Gasteiger partial charge is 0.230 e. The number of aromatic nitrogens is 2. The summed E-state index contributed by atoms with van der Waals surface area (Å²) in [5.74, 6) is 1.50. The zero-order chi connectivity index (χ0) is 12.4. The maximum Gasteiger partial charge on any atom is 0.230 e. The molecular weight excluding hydrogens is 230 g/mol. The molecule has 6 nitrogen and oxygen atoms in total. The van der Waals surface area contributed by atoms with Crippen molar-refractivity contribution in [2.24, 2.45) is 0 Å². The Bertz CT molecular complexity index is 382. The molecule has 0 atom stereocenters. The number of hydrogen-bond donors (Lipinski definition) is 1. The van der Waals surface area contributed by atoms with Crippen LogP contribution in [0.15, 0.2) is 4.42 Å². The predicted molar refractivity (Wildman–Crippen MR) is 67.2 cm³/mol. The van der Waals surface area contributed by atoms with E-state index in [-0.39, 0.29) is 0 Å². The monoisotopic (exact) mass is 251 g/mol. The van der Waals surface area contributed by atoms with Crippen LogP contribution in [0.3, 0.4) is 0 Å². The van der Waals surface area contributed by atoms with Crippen molar-refractivity contribution in [2.45, 2.75) is 25.9 Å². The summed E-state index contributed by atoms with van der Waals surface area (Å²) in [7, 11) is 0. The fourth-order valence-electron chi connectivity index (χ4n) is 2.50. The van der Waals surface area contributed by atoms with Gasteiger partial charge in [-0.1, -0.05) is 6.92 Å². The van der Waals surface area contributed by atoms with Gasteiger partial charge >= 0.3 is 0 Å². The average molecular weight is 251 g/mol. The molecule has 18 heavy (non-hydrogen) atoms. The number of nitrogens with one attached hydrogen (secondary N) is 1. The van der Waals surface area contributed by atoms with Gasteiger partial charge in [0.15, 0.2) is 0 Å². The van der Waals surface area contributed by atoms with Gasteiger partial charge in [-0.2, -0.15) is 0 Å². The van der Waals surface area contributed by atoms with E-state index < -0.39 is 0 Å². The van der Waals surface area contributed by atoms with Crippen molar-refractivity contribution < 1.29 is 4.42 Å². The van der Waals surface area contributed by atoms with E-state index in [1.165, 1.54) is 0 Å². The van der Waals surface area contributed by atoms with E-state index in [4.69, 9.17) is 4.42 Å². The quantitative estimate of drug-likeness (QED) is 0.794. The Morgan fingerprint density at radius 1 is 1.17 bits per heavy atom. The molecule has 0 saturated carbocycles. The third kappa shape index (κ3) is 2.55. The fourth-order valence-corrected chi connectivity index (χ4v) is 2.50. The van der Waals surface area contributed by atoms with E-state index in [2.05, 4.69) is 25.3 Å². The number of piperazine rings is 1. The van der Waals surface area contributed by atoms with Crippen LogP contribution in [0.4, 0.5) is 0 Å². The zero-order valence-electron chi connectivity index (χ0n) is 10.9. The van der Waals surface area contributed by atoms with Gasteiger partial charge in [0, 0.05) is 51.7 Å². The molecule has 3 rings (SSSR count). The summed E-state index contributed by atoms with van der Waals surface area (Å²) in [6, 6.07) is 0.766. The van der Waals surface area contributed by atoms with Crippen LogP contribution in [-0.2, 0) is 13.0 Å². The first-order valence-electron chi connectivity index (χ1n) is 6.83. The van der Waals surface area contributed by atoms with Gasteiger partial charge < -0.3 is 9.73 Å². The number of rotatable bonds is 4. The molecule has 2 saturated heterocycles. The van der Waals surface area contributed by atoms with Gasteiger partial charge in [-0.15, -0.1) is 10.2 Å². The zero-order valence-corrected chi connectivity index (χ0v) is 10.9. The van der Waals surface area contributed by atoms with Crippen LogP contribution in [-0.4, -0.2) is 65.3 Å². The lowest BCUT2D eigenvalue weighted by molar-refractivity contribution is 0.0655. The minimum atomic E-state index is 0.740. The molecule has 0 radical (unpaired) electrons. The summed E-state index contributed by atoms with van der Waals surface area (Å²) >= 11 is 0. The highest BCUT2D eigenvalue weighted by molar-refractivity contribution is 4.88. The first kappa shape index (κ1) is 12.1. The fraction of sp³-hybridized carbons (Fsp3) is 0.833. The second kappa shape index (κ2) is 5.34. The molecule has 6 heteroatoms. The molecule has 0 bridgehead atoms. The van der Waals surface area contributed by atoms with Gasteiger partial charge in [-0.25, -0.2) is 0 Å². The third-order valence-electron chi connectivity index (χ3n) is 3.85. The van der Waals surface area contributed by atoms with E-state index in [1.807, 2.05) is 6.92 Å². The van der Waals surface area contributed by atoms with Gasteiger partial charge in [0.25, 0.3) is 0 Å². The van der Waals surface area contributed by atoms with Gasteiger partial charge in [0.05, 0.1) is 6.54 Å². The van der Waals surface area contributed by atoms with Crippen LogP contribution < -0.4 is 5.32 Å². The van der Waals surface area contributed by atoms with Crippen LogP contribution in [0.25, 0.3) is 0 Å². The molecule has 3 heterocycles. The van der Waals surface area contributed by atoms with Crippen molar-refractivity contribution in [3.05, 3.63) is 11.8 Å². The molecule has 0 unspecified atom stereocenters. The minimum Gasteiger partial charge on any atom is -0.424 e. The molecular formula is C12H21N5O.